The van der Waals surface area contributed by atoms with Gasteiger partial charge in [-0.05, 0) is 36.4 Å². The van der Waals surface area contributed by atoms with Crippen LogP contribution in [0, 0.1) is 0 Å². The molecule has 0 aliphatic heterocycles. The third kappa shape index (κ3) is 4.80. The monoisotopic (exact) mass is 468 g/mol. The maximum absolute atomic E-state index is 12.6. The summed E-state index contributed by atoms with van der Waals surface area (Å²) in [5.41, 5.74) is -1.91. The van der Waals surface area contributed by atoms with E-state index in [1.165, 1.54) is 12.1 Å². The minimum atomic E-state index is -1.39. The molecule has 0 fully saturated rings. The molecule has 8 N–H and O–H groups in total. The molecule has 174 valence electrons. The lowest BCUT2D eigenvalue weighted by Crippen LogP contribution is -2.16. The minimum Gasteiger partial charge on any atom is -0.508 e. The van der Waals surface area contributed by atoms with E-state index >= 15 is 0 Å². The van der Waals surface area contributed by atoms with Crippen molar-refractivity contribution in [3.05, 3.63) is 70.8 Å². The largest absolute Gasteiger partial charge is 0.508 e. The molecular formula is C22H16N2O10. The Morgan fingerprint density at radius 2 is 0.941 bits per heavy atom. The van der Waals surface area contributed by atoms with E-state index in [0.29, 0.717) is 0 Å². The van der Waals surface area contributed by atoms with Crippen LogP contribution < -0.4 is 10.6 Å². The predicted molar refractivity (Wildman–Crippen MR) is 116 cm³/mol. The van der Waals surface area contributed by atoms with Crippen molar-refractivity contribution in [1.29, 1.82) is 0 Å². The molecule has 0 bridgehead atoms. The number of hydrogen-bond donors (Lipinski definition) is 8. The Bertz CT molecular complexity index is 1250. The van der Waals surface area contributed by atoms with Crippen LogP contribution in [0.1, 0.15) is 41.4 Å². The zero-order valence-electron chi connectivity index (χ0n) is 16.9. The number of aromatic hydroxyl groups is 4. The summed E-state index contributed by atoms with van der Waals surface area (Å²) in [6.45, 7) is 0. The summed E-state index contributed by atoms with van der Waals surface area (Å²) in [7, 11) is 0. The molecule has 34 heavy (non-hydrogen) atoms. The second-order valence-electron chi connectivity index (χ2n) is 6.87. The zero-order valence-corrected chi connectivity index (χ0v) is 16.9. The average molecular weight is 468 g/mol. The number of amides is 2. The number of carbonyl (C=O) groups is 4. The van der Waals surface area contributed by atoms with E-state index < -0.39 is 69.0 Å². The van der Waals surface area contributed by atoms with Crippen LogP contribution in [0.15, 0.2) is 48.5 Å². The van der Waals surface area contributed by atoms with Gasteiger partial charge < -0.3 is 41.3 Å². The lowest BCUT2D eigenvalue weighted by Gasteiger charge is -2.13. The summed E-state index contributed by atoms with van der Waals surface area (Å²) in [4.78, 5) is 47.1. The van der Waals surface area contributed by atoms with Gasteiger partial charge in [0, 0.05) is 23.5 Å². The van der Waals surface area contributed by atoms with Crippen molar-refractivity contribution in [1.82, 2.24) is 0 Å². The topological polar surface area (TPSA) is 214 Å². The Morgan fingerprint density at radius 1 is 0.559 bits per heavy atom. The van der Waals surface area contributed by atoms with Gasteiger partial charge in [0.2, 0.25) is 0 Å². The van der Waals surface area contributed by atoms with Crippen molar-refractivity contribution < 1.29 is 49.8 Å². The van der Waals surface area contributed by atoms with Gasteiger partial charge in [0.1, 0.15) is 34.1 Å². The lowest BCUT2D eigenvalue weighted by molar-refractivity contribution is 0.0682. The first-order valence-corrected chi connectivity index (χ1v) is 9.29. The van der Waals surface area contributed by atoms with Crippen molar-refractivity contribution in [2.45, 2.75) is 0 Å². The van der Waals surface area contributed by atoms with Gasteiger partial charge in [-0.25, -0.2) is 9.59 Å². The van der Waals surface area contributed by atoms with Crippen LogP contribution in [-0.4, -0.2) is 54.4 Å². The third-order valence-electron chi connectivity index (χ3n) is 4.56. The molecule has 0 aliphatic carbocycles. The standard InChI is InChI=1S/C22H16N2O10/c25-11-7-14(19(29)23-9-1-3-12(21(31)32)16(26)5-9)18(28)15(8-11)20(30)24-10-2-4-13(22(33)34)17(27)6-10/h1-8,25-28H,(H,23,29)(H,24,30)(H,31,32)(H,33,34). The highest BCUT2D eigenvalue weighted by molar-refractivity contribution is 6.12. The molecule has 0 saturated carbocycles. The van der Waals surface area contributed by atoms with Gasteiger partial charge in [-0.1, -0.05) is 0 Å². The Morgan fingerprint density at radius 3 is 1.26 bits per heavy atom. The van der Waals surface area contributed by atoms with Crippen LogP contribution in [0.2, 0.25) is 0 Å². The number of nitrogens with one attached hydrogen (secondary N) is 2. The smallest absolute Gasteiger partial charge is 0.339 e. The number of carboxylic acid groups (broad SMARTS) is 2. The van der Waals surface area contributed by atoms with E-state index in [1.54, 1.807) is 0 Å². The Hall–Kier alpha value is -5.26. The summed E-state index contributed by atoms with van der Waals surface area (Å²) < 4.78 is 0. The summed E-state index contributed by atoms with van der Waals surface area (Å²) in [5.74, 6) is -7.37. The highest BCUT2D eigenvalue weighted by Gasteiger charge is 2.22. The number of hydrogen-bond acceptors (Lipinski definition) is 8. The molecule has 12 nitrogen and oxygen atoms in total. The second-order valence-corrected chi connectivity index (χ2v) is 6.87. The molecule has 0 spiro atoms. The van der Waals surface area contributed by atoms with Crippen molar-refractivity contribution in [2.24, 2.45) is 0 Å². The molecule has 0 aliphatic rings. The fraction of sp³-hybridized carbons (Fsp3) is 0. The lowest BCUT2D eigenvalue weighted by atomic mass is 10.1. The maximum Gasteiger partial charge on any atom is 0.339 e. The molecule has 0 unspecified atom stereocenters. The van der Waals surface area contributed by atoms with Gasteiger partial charge >= 0.3 is 11.9 Å². The molecule has 0 radical (unpaired) electrons. The molecule has 3 aromatic carbocycles. The van der Waals surface area contributed by atoms with Crippen LogP contribution in [0.4, 0.5) is 11.4 Å². The van der Waals surface area contributed by atoms with Crippen LogP contribution in [0.3, 0.4) is 0 Å². The third-order valence-corrected chi connectivity index (χ3v) is 4.56. The molecule has 12 heteroatoms. The van der Waals surface area contributed by atoms with Crippen molar-refractivity contribution in [3.63, 3.8) is 0 Å². The highest BCUT2D eigenvalue weighted by Crippen LogP contribution is 2.31. The second kappa shape index (κ2) is 9.08. The van der Waals surface area contributed by atoms with Gasteiger partial charge in [0.25, 0.3) is 11.8 Å². The van der Waals surface area contributed by atoms with Crippen LogP contribution in [-0.2, 0) is 0 Å². The highest BCUT2D eigenvalue weighted by atomic mass is 16.4. The Kier molecular flexibility index (Phi) is 6.25. The van der Waals surface area contributed by atoms with E-state index in [2.05, 4.69) is 10.6 Å². The molecule has 2 amide bonds. The first-order valence-electron chi connectivity index (χ1n) is 9.29. The number of anilines is 2. The number of aromatic carboxylic acids is 2. The van der Waals surface area contributed by atoms with E-state index in [1.807, 2.05) is 0 Å². The quantitative estimate of drug-likeness (QED) is 0.247. The predicted octanol–water partition coefficient (Wildman–Crippen LogP) is 2.41. The fourth-order valence-corrected chi connectivity index (χ4v) is 2.94. The molecule has 0 heterocycles. The normalized spacial score (nSPS) is 10.4. The van der Waals surface area contributed by atoms with E-state index in [9.17, 15) is 39.6 Å². The van der Waals surface area contributed by atoms with Gasteiger partial charge in [-0.3, -0.25) is 9.59 Å². The average Bonchev–Trinajstić information content (AvgIpc) is 2.74. The Balaban J connectivity index is 1.86. The molecular weight excluding hydrogens is 452 g/mol. The fourth-order valence-electron chi connectivity index (χ4n) is 2.94. The molecule has 0 atom stereocenters. The number of phenols is 4. The van der Waals surface area contributed by atoms with E-state index in [-0.39, 0.29) is 11.4 Å². The number of carboxylic acids is 2. The van der Waals surface area contributed by atoms with Crippen molar-refractivity contribution in [3.8, 4) is 23.0 Å². The van der Waals surface area contributed by atoms with Crippen LogP contribution in [0.5, 0.6) is 23.0 Å². The zero-order chi connectivity index (χ0) is 25.2. The van der Waals surface area contributed by atoms with Gasteiger partial charge in [0.05, 0.1) is 11.1 Å². The number of rotatable bonds is 6. The number of phenolic OH excluding ortho intramolecular Hbond substituents is 2. The van der Waals surface area contributed by atoms with Gasteiger partial charge in [0.15, 0.2) is 0 Å². The summed E-state index contributed by atoms with van der Waals surface area (Å²) in [6, 6.07) is 8.12. The van der Waals surface area contributed by atoms with E-state index in [0.717, 1.165) is 36.4 Å². The molecule has 3 aromatic rings. The maximum atomic E-state index is 12.6. The van der Waals surface area contributed by atoms with Crippen LogP contribution in [0.25, 0.3) is 0 Å². The minimum absolute atomic E-state index is 0.0322. The van der Waals surface area contributed by atoms with Crippen molar-refractivity contribution in [2.75, 3.05) is 10.6 Å². The molecule has 3 rings (SSSR count). The summed E-state index contributed by atoms with van der Waals surface area (Å²) >= 11 is 0. The first-order chi connectivity index (χ1) is 16.0. The van der Waals surface area contributed by atoms with Crippen LogP contribution >= 0.6 is 0 Å². The molecule has 0 aromatic heterocycles. The number of benzene rings is 3. The SMILES string of the molecule is O=C(O)c1ccc(NC(=O)c2cc(O)cc(C(=O)Nc3ccc(C(=O)O)c(O)c3)c2O)cc1O. The Labute approximate surface area is 190 Å². The van der Waals surface area contributed by atoms with E-state index in [4.69, 9.17) is 10.2 Å². The van der Waals surface area contributed by atoms with Gasteiger partial charge in [-0.2, -0.15) is 0 Å². The number of carbonyl (C=O) groups excluding carboxylic acids is 2. The molecule has 0 saturated heterocycles. The van der Waals surface area contributed by atoms with Crippen molar-refractivity contribution >= 4 is 35.1 Å². The van der Waals surface area contributed by atoms with Gasteiger partial charge in [-0.15, -0.1) is 0 Å². The summed E-state index contributed by atoms with van der Waals surface area (Å²) in [6.07, 6.45) is 0. The summed E-state index contributed by atoms with van der Waals surface area (Å²) in [5, 5.41) is 62.4. The first kappa shape index (κ1) is 23.4.